The van der Waals surface area contributed by atoms with Crippen molar-refractivity contribution >= 4 is 44.4 Å². The van der Waals surface area contributed by atoms with Gasteiger partial charge in [0.05, 0.1) is 34.6 Å². The summed E-state index contributed by atoms with van der Waals surface area (Å²) in [5, 5.41) is 7.23. The number of piperidine rings is 1. The molecular weight excluding hydrogens is 560 g/mol. The van der Waals surface area contributed by atoms with Crippen molar-refractivity contribution in [1.82, 2.24) is 20.0 Å². The minimum Gasteiger partial charge on any atom is -0.444 e. The number of amides is 2. The van der Waals surface area contributed by atoms with Gasteiger partial charge in [-0.1, -0.05) is 23.4 Å². The summed E-state index contributed by atoms with van der Waals surface area (Å²) in [6, 6.07) is 9.38. The first-order valence-corrected chi connectivity index (χ1v) is 15.1. The van der Waals surface area contributed by atoms with Crippen LogP contribution in [0.4, 0.5) is 16.2 Å². The van der Waals surface area contributed by atoms with Crippen LogP contribution in [0, 0.1) is 6.92 Å². The molecule has 0 saturated carbocycles. The van der Waals surface area contributed by atoms with Crippen LogP contribution in [0.2, 0.25) is 0 Å². The van der Waals surface area contributed by atoms with Crippen molar-refractivity contribution in [1.29, 1.82) is 0 Å². The highest BCUT2D eigenvalue weighted by molar-refractivity contribution is 7.93. The van der Waals surface area contributed by atoms with Crippen molar-refractivity contribution in [2.45, 2.75) is 63.5 Å². The van der Waals surface area contributed by atoms with E-state index in [0.717, 1.165) is 0 Å². The summed E-state index contributed by atoms with van der Waals surface area (Å²) in [5.74, 6) is -0.379. The number of aromatic amines is 1. The lowest BCUT2D eigenvalue weighted by atomic mass is 10.0. The number of anilines is 2. The number of nitrogens with one attached hydrogen (secondary N) is 2. The number of carbonyl (C=O) groups excluding carboxylic acids is 2. The van der Waals surface area contributed by atoms with E-state index in [2.05, 4.69) is 20.4 Å². The Morgan fingerprint density at radius 2 is 1.88 bits per heavy atom. The molecule has 42 heavy (non-hydrogen) atoms. The molecule has 1 saturated heterocycles. The van der Waals surface area contributed by atoms with Crippen molar-refractivity contribution in [2.75, 3.05) is 22.7 Å². The molecule has 12 nitrogen and oxygen atoms in total. The Kier molecular flexibility index (Phi) is 7.95. The van der Waals surface area contributed by atoms with Gasteiger partial charge in [-0.15, -0.1) is 0 Å². The van der Waals surface area contributed by atoms with E-state index < -0.39 is 27.8 Å². The molecule has 2 N–H and O–H groups in total. The second-order valence-electron chi connectivity index (χ2n) is 11.2. The van der Waals surface area contributed by atoms with E-state index in [1.165, 1.54) is 16.8 Å². The lowest BCUT2D eigenvalue weighted by Crippen LogP contribution is -2.50. The SMILES string of the molecule is Cc1nocc1CC(=O)Nc1cnc2[nH]ccc2c1N(C1CCN(C(=O)OC(C)(C)C)CC1)S(=O)(=O)c1ccccc1. The molecule has 13 heteroatoms. The molecule has 4 aromatic rings. The van der Waals surface area contributed by atoms with Crippen molar-refractivity contribution in [3.63, 3.8) is 0 Å². The van der Waals surface area contributed by atoms with Gasteiger partial charge in [-0.25, -0.2) is 18.2 Å². The summed E-state index contributed by atoms with van der Waals surface area (Å²) < 4.78 is 40.7. The number of aryl methyl sites for hydroxylation is 1. The van der Waals surface area contributed by atoms with Crippen LogP contribution in [0.5, 0.6) is 0 Å². The highest BCUT2D eigenvalue weighted by Crippen LogP contribution is 2.40. The standard InChI is InChI=1S/C29H34N6O6S/c1-19-20(18-40-33-19)16-25(36)32-24-17-31-27-23(10-13-30-27)26(24)35(42(38,39)22-8-6-5-7-9-22)21-11-14-34(15-12-21)28(37)41-29(2,3)4/h5-10,13,17-18,21H,11-12,14-16H2,1-4H3,(H,30,31)(H,32,36). The largest absolute Gasteiger partial charge is 0.444 e. The summed E-state index contributed by atoms with van der Waals surface area (Å²) in [7, 11) is -4.12. The highest BCUT2D eigenvalue weighted by Gasteiger charge is 2.38. The first kappa shape index (κ1) is 29.1. The summed E-state index contributed by atoms with van der Waals surface area (Å²) in [6.07, 6.45) is 4.79. The lowest BCUT2D eigenvalue weighted by Gasteiger charge is -2.40. The molecule has 3 aromatic heterocycles. The lowest BCUT2D eigenvalue weighted by molar-refractivity contribution is -0.115. The number of nitrogens with zero attached hydrogens (tertiary/aromatic N) is 4. The topological polar surface area (TPSA) is 151 Å². The van der Waals surface area contributed by atoms with E-state index >= 15 is 0 Å². The Bertz CT molecular complexity index is 1680. The Morgan fingerprint density at radius 3 is 2.52 bits per heavy atom. The van der Waals surface area contributed by atoms with E-state index in [0.29, 0.717) is 53.9 Å². The second-order valence-corrected chi connectivity index (χ2v) is 13.0. The van der Waals surface area contributed by atoms with Gasteiger partial charge >= 0.3 is 6.09 Å². The van der Waals surface area contributed by atoms with Crippen molar-refractivity contribution in [3.8, 4) is 0 Å². The number of pyridine rings is 1. The number of ether oxygens (including phenoxy) is 1. The third-order valence-electron chi connectivity index (χ3n) is 7.00. The van der Waals surface area contributed by atoms with Gasteiger partial charge in [0.2, 0.25) is 5.91 Å². The monoisotopic (exact) mass is 594 g/mol. The van der Waals surface area contributed by atoms with Crippen LogP contribution in [0.1, 0.15) is 44.9 Å². The second kappa shape index (κ2) is 11.5. The number of hydrogen-bond donors (Lipinski definition) is 2. The molecule has 0 aliphatic carbocycles. The van der Waals surface area contributed by atoms with Gasteiger partial charge in [0.1, 0.15) is 17.5 Å². The number of carbonyl (C=O) groups is 2. The van der Waals surface area contributed by atoms with Gasteiger partial charge in [-0.3, -0.25) is 9.10 Å². The molecule has 0 radical (unpaired) electrons. The molecule has 1 fully saturated rings. The fraction of sp³-hybridized carbons (Fsp3) is 0.379. The Labute approximate surface area is 244 Å². The minimum atomic E-state index is -4.12. The number of aromatic nitrogens is 3. The molecule has 5 rings (SSSR count). The quantitative estimate of drug-likeness (QED) is 0.314. The van der Waals surface area contributed by atoms with Crippen LogP contribution < -0.4 is 9.62 Å². The van der Waals surface area contributed by atoms with Gasteiger partial charge in [-0.2, -0.15) is 0 Å². The molecule has 0 atom stereocenters. The van der Waals surface area contributed by atoms with E-state index in [-0.39, 0.29) is 22.9 Å². The average Bonchev–Trinajstić information content (AvgIpc) is 3.58. The van der Waals surface area contributed by atoms with Gasteiger partial charge in [-0.05, 0) is 58.7 Å². The molecular formula is C29H34N6O6S. The van der Waals surface area contributed by atoms with Gasteiger partial charge < -0.3 is 24.5 Å². The van der Waals surface area contributed by atoms with Gasteiger partial charge in [0.15, 0.2) is 0 Å². The van der Waals surface area contributed by atoms with E-state index in [1.807, 2.05) is 0 Å². The number of likely N-dealkylation sites (tertiary alicyclic amines) is 1. The van der Waals surface area contributed by atoms with Crippen LogP contribution in [0.3, 0.4) is 0 Å². The first-order valence-electron chi connectivity index (χ1n) is 13.7. The maximum Gasteiger partial charge on any atom is 0.410 e. The molecule has 2 amide bonds. The van der Waals surface area contributed by atoms with Crippen LogP contribution >= 0.6 is 0 Å². The van der Waals surface area contributed by atoms with Gasteiger partial charge in [0, 0.05) is 36.3 Å². The first-order chi connectivity index (χ1) is 19.9. The van der Waals surface area contributed by atoms with E-state index in [4.69, 9.17) is 9.26 Å². The molecule has 0 unspecified atom stereocenters. The fourth-order valence-corrected chi connectivity index (χ4v) is 6.76. The van der Waals surface area contributed by atoms with Crippen LogP contribution in [0.25, 0.3) is 11.0 Å². The smallest absolute Gasteiger partial charge is 0.410 e. The molecule has 222 valence electrons. The average molecular weight is 595 g/mol. The van der Waals surface area contributed by atoms with Crippen LogP contribution in [-0.2, 0) is 26.0 Å². The number of H-pyrrole nitrogens is 1. The van der Waals surface area contributed by atoms with E-state index in [1.54, 1.807) is 75.2 Å². The maximum atomic E-state index is 14.4. The third-order valence-corrected chi connectivity index (χ3v) is 8.87. The van der Waals surface area contributed by atoms with Crippen molar-refractivity contribution in [2.24, 2.45) is 0 Å². The molecule has 0 bridgehead atoms. The zero-order valence-corrected chi connectivity index (χ0v) is 24.8. The maximum absolute atomic E-state index is 14.4. The number of fused-ring (bicyclic) bond motifs is 1. The number of rotatable bonds is 7. The summed E-state index contributed by atoms with van der Waals surface area (Å²) >= 11 is 0. The predicted octanol–water partition coefficient (Wildman–Crippen LogP) is 4.64. The minimum absolute atomic E-state index is 0.0142. The summed E-state index contributed by atoms with van der Waals surface area (Å²) in [5.41, 5.74) is 1.58. The van der Waals surface area contributed by atoms with Crippen LogP contribution in [0.15, 0.2) is 64.5 Å². The fourth-order valence-electron chi connectivity index (χ4n) is 4.99. The number of benzene rings is 1. The zero-order valence-electron chi connectivity index (χ0n) is 24.0. The van der Waals surface area contributed by atoms with Crippen molar-refractivity contribution in [3.05, 3.63) is 66.3 Å². The molecule has 1 aliphatic rings. The molecule has 1 aliphatic heterocycles. The summed E-state index contributed by atoms with van der Waals surface area (Å²) in [6.45, 7) is 7.75. The Hall–Kier alpha value is -4.39. The number of hydrogen-bond acceptors (Lipinski definition) is 8. The summed E-state index contributed by atoms with van der Waals surface area (Å²) in [4.78, 5) is 35.1. The normalized spacial score (nSPS) is 14.6. The molecule has 4 heterocycles. The van der Waals surface area contributed by atoms with Crippen molar-refractivity contribution < 1.29 is 27.3 Å². The highest BCUT2D eigenvalue weighted by atomic mass is 32.2. The third kappa shape index (κ3) is 6.10. The predicted molar refractivity (Wildman–Crippen MR) is 157 cm³/mol. The molecule has 0 spiro atoms. The molecule has 1 aromatic carbocycles. The Morgan fingerprint density at radius 1 is 1.17 bits per heavy atom. The Balaban J connectivity index is 1.55. The van der Waals surface area contributed by atoms with E-state index in [9.17, 15) is 18.0 Å². The van der Waals surface area contributed by atoms with Crippen LogP contribution in [-0.4, -0.2) is 65.2 Å². The number of sulfonamides is 1. The van der Waals surface area contributed by atoms with Gasteiger partial charge in [0.25, 0.3) is 10.0 Å². The zero-order chi connectivity index (χ0) is 30.1.